The van der Waals surface area contributed by atoms with Crippen molar-refractivity contribution in [2.75, 3.05) is 6.54 Å². The van der Waals surface area contributed by atoms with Gasteiger partial charge in [0, 0.05) is 11.0 Å². The van der Waals surface area contributed by atoms with Crippen LogP contribution in [0, 0.1) is 0 Å². The van der Waals surface area contributed by atoms with E-state index in [4.69, 9.17) is 5.11 Å². The molecule has 0 spiro atoms. The van der Waals surface area contributed by atoms with Crippen LogP contribution in [0.2, 0.25) is 0 Å². The highest BCUT2D eigenvalue weighted by Crippen LogP contribution is 2.19. The van der Waals surface area contributed by atoms with Crippen LogP contribution in [-0.4, -0.2) is 26.0 Å². The number of carboxylic acid groups (broad SMARTS) is 1. The molecule has 0 unspecified atom stereocenters. The summed E-state index contributed by atoms with van der Waals surface area (Å²) in [6, 6.07) is 4.07. The molecule has 1 aromatic rings. The Bertz CT molecular complexity index is 610. The normalized spacial score (nSPS) is 11.3. The van der Waals surface area contributed by atoms with E-state index in [0.29, 0.717) is 16.5 Å². The molecule has 0 heterocycles. The lowest BCUT2D eigenvalue weighted by Gasteiger charge is -2.11. The number of rotatable bonds is 6. The number of benzene rings is 1. The second-order valence-corrected chi connectivity index (χ2v) is 6.68. The molecule has 1 rings (SSSR count). The van der Waals surface area contributed by atoms with Gasteiger partial charge in [-0.1, -0.05) is 35.5 Å². The molecule has 2 N–H and O–H groups in total. The lowest BCUT2D eigenvalue weighted by atomic mass is 10.1. The molecular weight excluding hydrogens is 334 g/mol. The Labute approximate surface area is 120 Å². The maximum absolute atomic E-state index is 12.1. The summed E-state index contributed by atoms with van der Waals surface area (Å²) in [6.45, 7) is 5.38. The molecule has 0 aliphatic rings. The first-order chi connectivity index (χ1) is 8.77. The zero-order valence-corrected chi connectivity index (χ0v) is 12.7. The maximum Gasteiger partial charge on any atom is 0.335 e. The molecule has 5 nitrogen and oxygen atoms in total. The zero-order chi connectivity index (χ0) is 14.6. The quantitative estimate of drug-likeness (QED) is 0.825. The smallest absolute Gasteiger partial charge is 0.335 e. The molecule has 0 saturated carbocycles. The Morgan fingerprint density at radius 3 is 2.58 bits per heavy atom. The third kappa shape index (κ3) is 4.15. The van der Waals surface area contributed by atoms with Gasteiger partial charge in [0.25, 0.3) is 0 Å². The first-order valence-corrected chi connectivity index (χ1v) is 7.74. The molecule has 0 aromatic heterocycles. The van der Waals surface area contributed by atoms with Crippen molar-refractivity contribution in [3.63, 3.8) is 0 Å². The number of aryl methyl sites for hydroxylation is 1. The van der Waals surface area contributed by atoms with Crippen molar-refractivity contribution >= 4 is 31.9 Å². The number of sulfonamides is 1. The van der Waals surface area contributed by atoms with Gasteiger partial charge in [0.15, 0.2) is 0 Å². The Balaban J connectivity index is 3.26. The molecule has 1 aromatic carbocycles. The minimum Gasteiger partial charge on any atom is -0.478 e. The Morgan fingerprint density at radius 2 is 2.11 bits per heavy atom. The minimum atomic E-state index is -3.76. The van der Waals surface area contributed by atoms with Gasteiger partial charge >= 0.3 is 5.97 Å². The van der Waals surface area contributed by atoms with Crippen LogP contribution in [-0.2, 0) is 16.4 Å². The van der Waals surface area contributed by atoms with Gasteiger partial charge < -0.3 is 5.11 Å². The summed E-state index contributed by atoms with van der Waals surface area (Å²) in [5.41, 5.74) is 0.507. The van der Waals surface area contributed by atoms with Crippen LogP contribution in [0.1, 0.15) is 22.8 Å². The van der Waals surface area contributed by atoms with Gasteiger partial charge in [0.1, 0.15) is 0 Å². The van der Waals surface area contributed by atoms with Gasteiger partial charge in [0.05, 0.1) is 10.5 Å². The van der Waals surface area contributed by atoms with E-state index in [1.165, 1.54) is 18.2 Å². The van der Waals surface area contributed by atoms with E-state index in [0.717, 1.165) is 0 Å². The highest BCUT2D eigenvalue weighted by atomic mass is 79.9. The Hall–Kier alpha value is -1.18. The van der Waals surface area contributed by atoms with E-state index < -0.39 is 16.0 Å². The molecule has 7 heteroatoms. The largest absolute Gasteiger partial charge is 0.478 e. The number of carboxylic acids is 1. The van der Waals surface area contributed by atoms with Crippen molar-refractivity contribution in [3.05, 3.63) is 40.4 Å². The minimum absolute atomic E-state index is 0.0105. The number of hydrogen-bond acceptors (Lipinski definition) is 3. The third-order valence-corrected chi connectivity index (χ3v) is 4.20. The molecule has 0 amide bonds. The molecule has 104 valence electrons. The lowest BCUT2D eigenvalue weighted by Crippen LogP contribution is -2.26. The summed E-state index contributed by atoms with van der Waals surface area (Å²) >= 11 is 3.06. The summed E-state index contributed by atoms with van der Waals surface area (Å²) in [7, 11) is -3.76. The van der Waals surface area contributed by atoms with Crippen LogP contribution in [0.4, 0.5) is 0 Å². The average molecular weight is 348 g/mol. The standard InChI is InChI=1S/C12H14BrNO4S/c1-3-9-4-5-10(12(15)16)6-11(9)19(17,18)14-7-8(2)13/h4-6,14H,2-3,7H2,1H3,(H,15,16). The zero-order valence-electron chi connectivity index (χ0n) is 10.3. The molecule has 0 saturated heterocycles. The van der Waals surface area contributed by atoms with Crippen LogP contribution >= 0.6 is 15.9 Å². The van der Waals surface area contributed by atoms with Crippen molar-refractivity contribution in [2.45, 2.75) is 18.2 Å². The molecule has 19 heavy (non-hydrogen) atoms. The van der Waals surface area contributed by atoms with Gasteiger partial charge in [-0.3, -0.25) is 0 Å². The van der Waals surface area contributed by atoms with Crippen molar-refractivity contribution in [1.29, 1.82) is 0 Å². The molecule has 0 bridgehead atoms. The van der Waals surface area contributed by atoms with Crippen LogP contribution in [0.3, 0.4) is 0 Å². The fraction of sp³-hybridized carbons (Fsp3) is 0.250. The highest BCUT2D eigenvalue weighted by Gasteiger charge is 2.19. The first kappa shape index (κ1) is 15.9. The fourth-order valence-corrected chi connectivity index (χ4v) is 3.17. The van der Waals surface area contributed by atoms with Crippen LogP contribution in [0.15, 0.2) is 34.2 Å². The molecule has 0 aliphatic heterocycles. The van der Waals surface area contributed by atoms with Crippen molar-refractivity contribution in [1.82, 2.24) is 4.72 Å². The number of carbonyl (C=O) groups is 1. The van der Waals surface area contributed by atoms with E-state index in [-0.39, 0.29) is 17.0 Å². The first-order valence-electron chi connectivity index (χ1n) is 5.47. The summed E-state index contributed by atoms with van der Waals surface area (Å²) in [5.74, 6) is -1.16. The number of halogens is 1. The van der Waals surface area contributed by atoms with Gasteiger partial charge in [-0.25, -0.2) is 17.9 Å². The van der Waals surface area contributed by atoms with Crippen molar-refractivity contribution < 1.29 is 18.3 Å². The van der Waals surface area contributed by atoms with Crippen LogP contribution in [0.5, 0.6) is 0 Å². The number of nitrogens with one attached hydrogen (secondary N) is 1. The van der Waals surface area contributed by atoms with Gasteiger partial charge in [0.2, 0.25) is 10.0 Å². The molecule has 0 atom stereocenters. The predicted molar refractivity (Wildman–Crippen MR) is 76.0 cm³/mol. The molecule has 0 fully saturated rings. The Morgan fingerprint density at radius 1 is 1.47 bits per heavy atom. The van der Waals surface area contributed by atoms with E-state index in [1.807, 2.05) is 0 Å². The summed E-state index contributed by atoms with van der Waals surface area (Å²) in [4.78, 5) is 10.9. The average Bonchev–Trinajstić information content (AvgIpc) is 2.35. The topological polar surface area (TPSA) is 83.5 Å². The highest BCUT2D eigenvalue weighted by molar-refractivity contribution is 9.11. The molecule has 0 aliphatic carbocycles. The summed E-state index contributed by atoms with van der Waals surface area (Å²) < 4.78 is 27.1. The van der Waals surface area contributed by atoms with Gasteiger partial charge in [-0.15, -0.1) is 0 Å². The number of hydrogen-bond donors (Lipinski definition) is 2. The maximum atomic E-state index is 12.1. The van der Waals surface area contributed by atoms with Gasteiger partial charge in [-0.05, 0) is 24.1 Å². The van der Waals surface area contributed by atoms with Crippen molar-refractivity contribution in [2.24, 2.45) is 0 Å². The predicted octanol–water partition coefficient (Wildman–Crippen LogP) is 2.13. The SMILES string of the molecule is C=C(Br)CNS(=O)(=O)c1cc(C(=O)O)ccc1CC. The van der Waals surface area contributed by atoms with Crippen molar-refractivity contribution in [3.8, 4) is 0 Å². The van der Waals surface area contributed by atoms with E-state index >= 15 is 0 Å². The van der Waals surface area contributed by atoms with Gasteiger partial charge in [-0.2, -0.15) is 0 Å². The fourth-order valence-electron chi connectivity index (χ4n) is 1.48. The van der Waals surface area contributed by atoms with Crippen LogP contribution in [0.25, 0.3) is 0 Å². The number of aromatic carboxylic acids is 1. The van der Waals surface area contributed by atoms with Crippen LogP contribution < -0.4 is 4.72 Å². The van der Waals surface area contributed by atoms with E-state index in [9.17, 15) is 13.2 Å². The third-order valence-electron chi connectivity index (χ3n) is 2.44. The summed E-state index contributed by atoms with van der Waals surface area (Å²) in [6.07, 6.45) is 0.491. The second kappa shape index (κ2) is 6.31. The monoisotopic (exact) mass is 347 g/mol. The second-order valence-electron chi connectivity index (χ2n) is 3.82. The Kier molecular flexibility index (Phi) is 5.28. The molecule has 0 radical (unpaired) electrons. The van der Waals surface area contributed by atoms with E-state index in [2.05, 4.69) is 27.2 Å². The molecular formula is C12H14BrNO4S. The summed E-state index contributed by atoms with van der Waals surface area (Å²) in [5, 5.41) is 8.92. The lowest BCUT2D eigenvalue weighted by molar-refractivity contribution is 0.0696. The van der Waals surface area contributed by atoms with E-state index in [1.54, 1.807) is 6.92 Å².